The van der Waals surface area contributed by atoms with Crippen LogP contribution in [0.15, 0.2) is 12.2 Å². The Bertz CT molecular complexity index is 714. The molecule has 0 radical (unpaired) electrons. The highest BCUT2D eigenvalue weighted by molar-refractivity contribution is 5.81. The van der Waals surface area contributed by atoms with Crippen molar-refractivity contribution in [3.63, 3.8) is 0 Å². The highest BCUT2D eigenvalue weighted by Gasteiger charge is 2.38. The third-order valence-electron chi connectivity index (χ3n) is 7.50. The number of amides is 2. The fraction of sp³-hybridized carbons (Fsp3) is 0.875. The molecular weight excluding hydrogens is 572 g/mol. The third kappa shape index (κ3) is 27.5. The number of unbranched alkanes of at least 4 members (excludes halogenated alkanes) is 12. The van der Waals surface area contributed by atoms with Crippen LogP contribution in [0, 0.1) is 5.92 Å². The topological polar surface area (TPSA) is 70.2 Å². The molecule has 0 aromatic heterocycles. The van der Waals surface area contributed by atoms with E-state index in [0.717, 1.165) is 77.3 Å². The summed E-state index contributed by atoms with van der Waals surface area (Å²) in [6, 6.07) is 0. The number of carbonyl (C=O) groups excluding carboxylic acids is 2. The van der Waals surface area contributed by atoms with Crippen molar-refractivity contribution >= 4 is 11.8 Å². The van der Waals surface area contributed by atoms with Crippen LogP contribution in [0.5, 0.6) is 0 Å². The van der Waals surface area contributed by atoms with E-state index in [-0.39, 0.29) is 13.1 Å². The third-order valence-corrected chi connectivity index (χ3v) is 7.50. The molecule has 0 saturated carbocycles. The minimum Gasteiger partial charge on any atom is -0.348 e. The highest BCUT2D eigenvalue weighted by Crippen LogP contribution is 2.23. The fourth-order valence-electron chi connectivity index (χ4n) is 4.94. The molecule has 0 rings (SSSR count). The van der Waals surface area contributed by atoms with E-state index in [1.807, 2.05) is 10.6 Å². The van der Waals surface area contributed by atoms with Gasteiger partial charge in [0.2, 0.25) is 0 Å². The summed E-state index contributed by atoms with van der Waals surface area (Å²) >= 11 is 0. The van der Waals surface area contributed by atoms with Gasteiger partial charge in [-0.2, -0.15) is 26.3 Å². The zero-order chi connectivity index (χ0) is 32.2. The van der Waals surface area contributed by atoms with Gasteiger partial charge in [0.15, 0.2) is 0 Å². The summed E-state index contributed by atoms with van der Waals surface area (Å²) < 4.78 is 73.6. The molecule has 0 bridgehead atoms. The molecule has 43 heavy (non-hydrogen) atoms. The van der Waals surface area contributed by atoms with Gasteiger partial charge in [-0.3, -0.25) is 9.59 Å². The molecule has 254 valence electrons. The summed E-state index contributed by atoms with van der Waals surface area (Å²) in [6.07, 6.45) is 15.2. The van der Waals surface area contributed by atoms with Gasteiger partial charge in [-0.25, -0.2) is 0 Å². The molecule has 11 heteroatoms. The average molecular weight is 630 g/mol. The Hall–Kier alpha value is -1.78. The van der Waals surface area contributed by atoms with Crippen LogP contribution in [0.2, 0.25) is 0 Å². The van der Waals surface area contributed by atoms with E-state index < -0.39 is 24.2 Å². The molecular formula is C32H57F6N3O2. The SMILES string of the molecule is CCCCCCCC/C=C\CCCNCCCCC(CCCCCCNC(=O)C(F)(F)F)CCCCNC(=O)C(F)(F)F. The molecule has 3 N–H and O–H groups in total. The van der Waals surface area contributed by atoms with Gasteiger partial charge in [0.1, 0.15) is 0 Å². The van der Waals surface area contributed by atoms with Gasteiger partial charge in [0, 0.05) is 13.1 Å². The first kappa shape index (κ1) is 41.2. The monoisotopic (exact) mass is 629 g/mol. The maximum Gasteiger partial charge on any atom is 0.471 e. The zero-order valence-electron chi connectivity index (χ0n) is 26.3. The number of nitrogens with one attached hydrogen (secondary N) is 3. The smallest absolute Gasteiger partial charge is 0.348 e. The van der Waals surface area contributed by atoms with E-state index in [1.54, 1.807) is 0 Å². The van der Waals surface area contributed by atoms with E-state index in [2.05, 4.69) is 24.4 Å². The first-order valence-corrected chi connectivity index (χ1v) is 16.5. The first-order chi connectivity index (χ1) is 20.5. The molecule has 0 spiro atoms. The molecule has 0 fully saturated rings. The van der Waals surface area contributed by atoms with Crippen LogP contribution >= 0.6 is 0 Å². The van der Waals surface area contributed by atoms with Crippen molar-refractivity contribution in [3.05, 3.63) is 12.2 Å². The number of hydrogen-bond donors (Lipinski definition) is 3. The first-order valence-electron chi connectivity index (χ1n) is 16.5. The number of halogens is 6. The van der Waals surface area contributed by atoms with Gasteiger partial charge in [0.25, 0.3) is 0 Å². The molecule has 0 aromatic rings. The van der Waals surface area contributed by atoms with E-state index >= 15 is 0 Å². The van der Waals surface area contributed by atoms with Gasteiger partial charge in [-0.1, -0.05) is 103 Å². The summed E-state index contributed by atoms with van der Waals surface area (Å²) in [6.45, 7) is 4.15. The van der Waals surface area contributed by atoms with Gasteiger partial charge in [-0.15, -0.1) is 0 Å². The van der Waals surface area contributed by atoms with Gasteiger partial charge >= 0.3 is 24.2 Å². The lowest BCUT2D eigenvalue weighted by molar-refractivity contribution is -0.173. The van der Waals surface area contributed by atoms with E-state index in [9.17, 15) is 35.9 Å². The minimum absolute atomic E-state index is 0.00605. The lowest BCUT2D eigenvalue weighted by atomic mass is 9.90. The van der Waals surface area contributed by atoms with E-state index in [4.69, 9.17) is 0 Å². The molecule has 1 unspecified atom stereocenters. The second-order valence-corrected chi connectivity index (χ2v) is 11.5. The molecule has 1 atom stereocenters. The molecule has 0 aromatic carbocycles. The standard InChI is InChI=1S/C32H57F6N3O2/c1-2-3-4-5-6-7-8-9-10-12-17-24-39-25-19-15-22-28(23-16-20-27-41-30(43)32(36,37)38)21-14-11-13-18-26-40-29(42)31(33,34)35/h9-10,28,39H,2-8,11-27H2,1H3,(H,40,42)(H,41,43)/b10-9-. The maximum atomic E-state index is 12.3. The summed E-state index contributed by atoms with van der Waals surface area (Å²) in [5, 5.41) is 7.28. The van der Waals surface area contributed by atoms with Gasteiger partial charge in [0.05, 0.1) is 0 Å². The van der Waals surface area contributed by atoms with Crippen molar-refractivity contribution in [1.29, 1.82) is 0 Å². The Balaban J connectivity index is 4.09. The molecule has 0 aliphatic heterocycles. The molecule has 2 amide bonds. The van der Waals surface area contributed by atoms with Crippen LogP contribution in [-0.4, -0.2) is 50.3 Å². The Morgan fingerprint density at radius 2 is 0.930 bits per heavy atom. The van der Waals surface area contributed by atoms with Crippen molar-refractivity contribution in [2.75, 3.05) is 26.2 Å². The van der Waals surface area contributed by atoms with Crippen LogP contribution in [0.4, 0.5) is 26.3 Å². The van der Waals surface area contributed by atoms with Crippen molar-refractivity contribution in [3.8, 4) is 0 Å². The summed E-state index contributed by atoms with van der Waals surface area (Å²) in [7, 11) is 0. The van der Waals surface area contributed by atoms with Crippen LogP contribution in [0.3, 0.4) is 0 Å². The van der Waals surface area contributed by atoms with E-state index in [1.165, 1.54) is 44.9 Å². The number of hydrogen-bond acceptors (Lipinski definition) is 3. The summed E-state index contributed by atoms with van der Waals surface area (Å²) in [5.74, 6) is -3.41. The van der Waals surface area contributed by atoms with Crippen molar-refractivity contribution < 1.29 is 35.9 Å². The molecule has 0 aliphatic rings. The molecule has 0 saturated heterocycles. The highest BCUT2D eigenvalue weighted by atomic mass is 19.4. The molecule has 0 aliphatic carbocycles. The Morgan fingerprint density at radius 1 is 0.535 bits per heavy atom. The summed E-state index contributed by atoms with van der Waals surface area (Å²) in [4.78, 5) is 21.8. The predicted octanol–water partition coefficient (Wildman–Crippen LogP) is 8.93. The van der Waals surface area contributed by atoms with Crippen LogP contribution < -0.4 is 16.0 Å². The normalized spacial score (nSPS) is 13.0. The molecule has 0 heterocycles. The number of allylic oxidation sites excluding steroid dienone is 2. The Kier molecular flexibility index (Phi) is 25.5. The van der Waals surface area contributed by atoms with Crippen molar-refractivity contribution in [1.82, 2.24) is 16.0 Å². The average Bonchev–Trinajstić information content (AvgIpc) is 2.94. The second-order valence-electron chi connectivity index (χ2n) is 11.5. The van der Waals surface area contributed by atoms with E-state index in [0.29, 0.717) is 25.2 Å². The number of alkyl halides is 6. The largest absolute Gasteiger partial charge is 0.471 e. The van der Waals surface area contributed by atoms with Gasteiger partial charge < -0.3 is 16.0 Å². The van der Waals surface area contributed by atoms with Crippen molar-refractivity contribution in [2.45, 2.75) is 148 Å². The van der Waals surface area contributed by atoms with Crippen molar-refractivity contribution in [2.24, 2.45) is 5.92 Å². The van der Waals surface area contributed by atoms with Gasteiger partial charge in [-0.05, 0) is 64.0 Å². The Labute approximate surface area is 255 Å². The van der Waals surface area contributed by atoms with Crippen LogP contribution in [0.25, 0.3) is 0 Å². The predicted molar refractivity (Wildman–Crippen MR) is 162 cm³/mol. The Morgan fingerprint density at radius 3 is 1.49 bits per heavy atom. The number of carbonyl (C=O) groups is 2. The maximum absolute atomic E-state index is 12.3. The quantitative estimate of drug-likeness (QED) is 0.0460. The second kappa shape index (κ2) is 26.6. The fourth-order valence-corrected chi connectivity index (χ4v) is 4.94. The van der Waals surface area contributed by atoms with Crippen LogP contribution in [0.1, 0.15) is 135 Å². The summed E-state index contributed by atoms with van der Waals surface area (Å²) in [5.41, 5.74) is 0. The lowest BCUT2D eigenvalue weighted by Crippen LogP contribution is -2.37. The minimum atomic E-state index is -4.87. The zero-order valence-corrected chi connectivity index (χ0v) is 26.3. The molecule has 5 nitrogen and oxygen atoms in total. The van der Waals surface area contributed by atoms with Crippen LogP contribution in [-0.2, 0) is 9.59 Å². The number of rotatable bonds is 28. The lowest BCUT2D eigenvalue weighted by Gasteiger charge is -2.17.